The lowest BCUT2D eigenvalue weighted by atomic mass is 9.97. The van der Waals surface area contributed by atoms with Gasteiger partial charge in [-0.05, 0) is 55.4 Å². The highest BCUT2D eigenvalue weighted by molar-refractivity contribution is 5.92. The summed E-state index contributed by atoms with van der Waals surface area (Å²) in [7, 11) is 0. The number of benzene rings is 2. The van der Waals surface area contributed by atoms with Gasteiger partial charge in [-0.15, -0.1) is 0 Å². The third-order valence-electron chi connectivity index (χ3n) is 4.34. The van der Waals surface area contributed by atoms with Crippen molar-refractivity contribution in [1.29, 1.82) is 0 Å². The van der Waals surface area contributed by atoms with Crippen LogP contribution in [0.3, 0.4) is 0 Å². The molecule has 2 heteroatoms. The van der Waals surface area contributed by atoms with Gasteiger partial charge in [0.05, 0.1) is 0 Å². The van der Waals surface area contributed by atoms with Gasteiger partial charge in [-0.1, -0.05) is 42.0 Å². The summed E-state index contributed by atoms with van der Waals surface area (Å²) in [4.78, 5) is 12.3. The molecule has 3 rings (SSSR count). The van der Waals surface area contributed by atoms with Crippen molar-refractivity contribution in [3.8, 4) is 0 Å². The van der Waals surface area contributed by atoms with Crippen LogP contribution in [-0.4, -0.2) is 5.91 Å². The largest absolute Gasteiger partial charge is 0.326 e. The van der Waals surface area contributed by atoms with Gasteiger partial charge in [0, 0.05) is 12.1 Å². The molecule has 1 aliphatic rings. The van der Waals surface area contributed by atoms with E-state index >= 15 is 0 Å². The molecule has 2 nitrogen and oxygen atoms in total. The Morgan fingerprint density at radius 1 is 1.19 bits per heavy atom. The molecule has 0 radical (unpaired) electrons. The molecule has 0 aliphatic heterocycles. The monoisotopic (exact) mass is 279 g/mol. The first-order valence-corrected chi connectivity index (χ1v) is 7.58. The average molecular weight is 279 g/mol. The molecule has 0 spiro atoms. The first-order valence-electron chi connectivity index (χ1n) is 7.58. The van der Waals surface area contributed by atoms with Crippen molar-refractivity contribution in [2.45, 2.75) is 39.0 Å². The van der Waals surface area contributed by atoms with Crippen LogP contribution < -0.4 is 5.32 Å². The van der Waals surface area contributed by atoms with Crippen molar-refractivity contribution < 1.29 is 4.79 Å². The van der Waals surface area contributed by atoms with E-state index in [9.17, 15) is 4.79 Å². The Morgan fingerprint density at radius 3 is 2.81 bits per heavy atom. The lowest BCUT2D eigenvalue weighted by Gasteiger charge is -2.13. The standard InChI is InChI=1S/C19H21NO/c1-13-7-10-18(14(2)11-13)20-19(21)12-16-9-8-15-5-3-4-6-17(15)16/h3-7,10-11,16H,8-9,12H2,1-2H3,(H,20,21). The zero-order valence-electron chi connectivity index (χ0n) is 12.6. The van der Waals surface area contributed by atoms with Crippen LogP contribution in [0.1, 0.15) is 41.0 Å². The van der Waals surface area contributed by atoms with Crippen LogP contribution in [0.2, 0.25) is 0 Å². The topological polar surface area (TPSA) is 29.1 Å². The molecule has 0 fully saturated rings. The summed E-state index contributed by atoms with van der Waals surface area (Å²) < 4.78 is 0. The normalized spacial score (nSPS) is 16.6. The molecule has 21 heavy (non-hydrogen) atoms. The van der Waals surface area contributed by atoms with E-state index in [2.05, 4.69) is 42.6 Å². The van der Waals surface area contributed by atoms with Gasteiger partial charge in [0.15, 0.2) is 0 Å². The number of aryl methyl sites for hydroxylation is 3. The Hall–Kier alpha value is -2.09. The minimum Gasteiger partial charge on any atom is -0.326 e. The van der Waals surface area contributed by atoms with E-state index in [0.717, 1.165) is 24.1 Å². The van der Waals surface area contributed by atoms with Gasteiger partial charge in [-0.2, -0.15) is 0 Å². The van der Waals surface area contributed by atoms with Crippen LogP contribution in [0.15, 0.2) is 42.5 Å². The van der Waals surface area contributed by atoms with Gasteiger partial charge in [-0.3, -0.25) is 4.79 Å². The molecule has 108 valence electrons. The molecular weight excluding hydrogens is 258 g/mol. The number of amides is 1. The highest BCUT2D eigenvalue weighted by Gasteiger charge is 2.24. The number of fused-ring (bicyclic) bond motifs is 1. The van der Waals surface area contributed by atoms with Crippen LogP contribution in [0.25, 0.3) is 0 Å². The molecule has 0 aromatic heterocycles. The van der Waals surface area contributed by atoms with Crippen LogP contribution in [0.4, 0.5) is 5.69 Å². The number of anilines is 1. The molecule has 1 aliphatic carbocycles. The molecule has 0 heterocycles. The van der Waals surface area contributed by atoms with Crippen LogP contribution in [0.5, 0.6) is 0 Å². The first kappa shape index (κ1) is 13.9. The van der Waals surface area contributed by atoms with Crippen molar-refractivity contribution in [3.63, 3.8) is 0 Å². The van der Waals surface area contributed by atoms with Crippen molar-refractivity contribution in [3.05, 3.63) is 64.7 Å². The summed E-state index contributed by atoms with van der Waals surface area (Å²) in [5.74, 6) is 0.482. The number of hydrogen-bond acceptors (Lipinski definition) is 1. The van der Waals surface area contributed by atoms with Gasteiger partial charge in [0.25, 0.3) is 0 Å². The average Bonchev–Trinajstić information content (AvgIpc) is 2.85. The predicted molar refractivity (Wildman–Crippen MR) is 86.7 cm³/mol. The zero-order chi connectivity index (χ0) is 14.8. The summed E-state index contributed by atoms with van der Waals surface area (Å²) in [6.07, 6.45) is 2.75. The van der Waals surface area contributed by atoms with E-state index in [1.165, 1.54) is 16.7 Å². The van der Waals surface area contributed by atoms with Crippen LogP contribution in [-0.2, 0) is 11.2 Å². The van der Waals surface area contributed by atoms with Crippen molar-refractivity contribution in [2.75, 3.05) is 5.32 Å². The summed E-state index contributed by atoms with van der Waals surface area (Å²) >= 11 is 0. The highest BCUT2D eigenvalue weighted by Crippen LogP contribution is 2.35. The zero-order valence-corrected chi connectivity index (χ0v) is 12.6. The molecule has 2 aromatic carbocycles. The van der Waals surface area contributed by atoms with Gasteiger partial charge >= 0.3 is 0 Å². The summed E-state index contributed by atoms with van der Waals surface area (Å²) in [5, 5.41) is 3.06. The Labute approximate surface area is 126 Å². The van der Waals surface area contributed by atoms with E-state index in [1.807, 2.05) is 19.1 Å². The second kappa shape index (κ2) is 5.72. The van der Waals surface area contributed by atoms with Crippen molar-refractivity contribution in [1.82, 2.24) is 0 Å². The van der Waals surface area contributed by atoms with Crippen LogP contribution >= 0.6 is 0 Å². The summed E-state index contributed by atoms with van der Waals surface area (Å²) in [5.41, 5.74) is 6.03. The molecule has 1 amide bonds. The first-order chi connectivity index (χ1) is 10.1. The van der Waals surface area contributed by atoms with Crippen molar-refractivity contribution >= 4 is 11.6 Å². The minimum absolute atomic E-state index is 0.114. The highest BCUT2D eigenvalue weighted by atomic mass is 16.1. The maximum absolute atomic E-state index is 12.3. The lowest BCUT2D eigenvalue weighted by Crippen LogP contribution is -2.15. The van der Waals surface area contributed by atoms with E-state index < -0.39 is 0 Å². The van der Waals surface area contributed by atoms with E-state index in [-0.39, 0.29) is 5.91 Å². The quantitative estimate of drug-likeness (QED) is 0.888. The second-order valence-electron chi connectivity index (χ2n) is 6.01. The maximum atomic E-state index is 12.3. The number of rotatable bonds is 3. The molecule has 1 unspecified atom stereocenters. The number of carbonyl (C=O) groups is 1. The molecule has 0 saturated heterocycles. The Bertz CT molecular complexity index is 675. The fraction of sp³-hybridized carbons (Fsp3) is 0.316. The van der Waals surface area contributed by atoms with Crippen LogP contribution in [0, 0.1) is 13.8 Å². The molecule has 0 saturated carbocycles. The van der Waals surface area contributed by atoms with Crippen molar-refractivity contribution in [2.24, 2.45) is 0 Å². The minimum atomic E-state index is 0.114. The molecule has 0 bridgehead atoms. The molecule has 1 atom stereocenters. The maximum Gasteiger partial charge on any atom is 0.224 e. The predicted octanol–water partition coefficient (Wildman–Crippen LogP) is 4.36. The van der Waals surface area contributed by atoms with E-state index in [1.54, 1.807) is 0 Å². The number of carbonyl (C=O) groups excluding carboxylic acids is 1. The van der Waals surface area contributed by atoms with Gasteiger partial charge in [0.1, 0.15) is 0 Å². The van der Waals surface area contributed by atoms with Gasteiger partial charge in [-0.25, -0.2) is 0 Å². The molecule has 1 N–H and O–H groups in total. The number of nitrogens with one attached hydrogen (secondary N) is 1. The van der Waals surface area contributed by atoms with Gasteiger partial charge in [0.2, 0.25) is 5.91 Å². The smallest absolute Gasteiger partial charge is 0.224 e. The Kier molecular flexibility index (Phi) is 3.78. The molecular formula is C19H21NO. The SMILES string of the molecule is Cc1ccc(NC(=O)CC2CCc3ccccc32)c(C)c1. The lowest BCUT2D eigenvalue weighted by molar-refractivity contribution is -0.116. The van der Waals surface area contributed by atoms with Gasteiger partial charge < -0.3 is 5.32 Å². The third-order valence-corrected chi connectivity index (χ3v) is 4.34. The summed E-state index contributed by atoms with van der Waals surface area (Å²) in [6.45, 7) is 4.10. The van der Waals surface area contributed by atoms with E-state index in [4.69, 9.17) is 0 Å². The fourth-order valence-electron chi connectivity index (χ4n) is 3.24. The summed E-state index contributed by atoms with van der Waals surface area (Å²) in [6, 6.07) is 14.6. The molecule has 2 aromatic rings. The van der Waals surface area contributed by atoms with E-state index in [0.29, 0.717) is 12.3 Å². The fourth-order valence-corrected chi connectivity index (χ4v) is 3.24. The Morgan fingerprint density at radius 2 is 2.00 bits per heavy atom. The Balaban J connectivity index is 1.68. The number of hydrogen-bond donors (Lipinski definition) is 1. The third kappa shape index (κ3) is 2.99. The second-order valence-corrected chi connectivity index (χ2v) is 6.01.